The van der Waals surface area contributed by atoms with Gasteiger partial charge in [-0.25, -0.2) is 4.79 Å². The van der Waals surface area contributed by atoms with E-state index in [1.54, 1.807) is 19.1 Å². The highest BCUT2D eigenvalue weighted by Gasteiger charge is 2.45. The summed E-state index contributed by atoms with van der Waals surface area (Å²) in [6, 6.07) is 16.8. The molecule has 0 aromatic heterocycles. The van der Waals surface area contributed by atoms with Crippen molar-refractivity contribution in [1.29, 1.82) is 0 Å². The van der Waals surface area contributed by atoms with Gasteiger partial charge in [-0.15, -0.1) is 0 Å². The number of hydrogen-bond donors (Lipinski definition) is 0. The van der Waals surface area contributed by atoms with E-state index in [9.17, 15) is 9.59 Å². The van der Waals surface area contributed by atoms with Crippen molar-refractivity contribution in [3.05, 3.63) is 65.7 Å². The lowest BCUT2D eigenvalue weighted by Crippen LogP contribution is -2.36. The van der Waals surface area contributed by atoms with Crippen LogP contribution in [0.3, 0.4) is 0 Å². The third kappa shape index (κ3) is 3.43. The topological polar surface area (TPSA) is 49.9 Å². The van der Waals surface area contributed by atoms with Crippen LogP contribution in [0.4, 0.5) is 4.79 Å². The maximum atomic E-state index is 12.9. The van der Waals surface area contributed by atoms with Gasteiger partial charge < -0.3 is 9.64 Å². The fourth-order valence-electron chi connectivity index (χ4n) is 3.43. The Morgan fingerprint density at radius 3 is 2.54 bits per heavy atom. The van der Waals surface area contributed by atoms with Crippen LogP contribution in [-0.4, -0.2) is 41.9 Å². The number of hydrogen-bond acceptors (Lipinski definition) is 3. The van der Waals surface area contributed by atoms with Crippen LogP contribution in [0.25, 0.3) is 0 Å². The number of carbonyl (C=O) groups is 2. The molecule has 5 heteroatoms. The molecule has 0 bridgehead atoms. The molecule has 0 N–H and O–H groups in total. The third-order valence-electron chi connectivity index (χ3n) is 5.03. The minimum atomic E-state index is -0.258. The minimum absolute atomic E-state index is 0.0642. The zero-order chi connectivity index (χ0) is 18.7. The fourth-order valence-corrected chi connectivity index (χ4v) is 3.43. The van der Waals surface area contributed by atoms with Crippen LogP contribution in [0.1, 0.15) is 30.5 Å². The van der Waals surface area contributed by atoms with Gasteiger partial charge >= 0.3 is 6.03 Å². The number of methoxy groups -OCH3 is 1. The Labute approximate surface area is 154 Å². The van der Waals surface area contributed by atoms with Gasteiger partial charge in [0.25, 0.3) is 0 Å². The molecule has 5 nitrogen and oxygen atoms in total. The molecular formula is C21H24N2O3. The zero-order valence-corrected chi connectivity index (χ0v) is 15.4. The van der Waals surface area contributed by atoms with Crippen LogP contribution in [0, 0.1) is 0 Å². The molecule has 2 aromatic rings. The van der Waals surface area contributed by atoms with E-state index in [0.29, 0.717) is 6.42 Å². The second kappa shape index (κ2) is 7.60. The molecule has 2 atom stereocenters. The summed E-state index contributed by atoms with van der Waals surface area (Å²) in [6.45, 7) is 1.98. The van der Waals surface area contributed by atoms with Gasteiger partial charge in [0.15, 0.2) is 0 Å². The molecule has 3 amide bonds. The van der Waals surface area contributed by atoms with Crippen LogP contribution in [0.5, 0.6) is 5.75 Å². The standard InChI is InChI=1S/C21H24N2O3/c1-15-20(17-9-5-4-6-10-17)23(21(25)22(15)2)19(24)13-12-16-8-7-11-18(14-16)26-3/h4-11,14-15,20H,12-13H2,1-3H3/t15-,20-/m1/s1. The van der Waals surface area contributed by atoms with Gasteiger partial charge in [-0.1, -0.05) is 42.5 Å². The van der Waals surface area contributed by atoms with E-state index in [1.165, 1.54) is 4.90 Å². The highest BCUT2D eigenvalue weighted by molar-refractivity contribution is 5.97. The molecule has 0 aliphatic carbocycles. The van der Waals surface area contributed by atoms with Crippen molar-refractivity contribution in [2.45, 2.75) is 31.8 Å². The number of benzene rings is 2. The highest BCUT2D eigenvalue weighted by Crippen LogP contribution is 2.35. The van der Waals surface area contributed by atoms with Gasteiger partial charge in [-0.2, -0.15) is 0 Å². The van der Waals surface area contributed by atoms with Gasteiger partial charge in [0.1, 0.15) is 5.75 Å². The number of aryl methyl sites for hydroxylation is 1. The van der Waals surface area contributed by atoms with Gasteiger partial charge in [0, 0.05) is 13.5 Å². The van der Waals surface area contributed by atoms with E-state index >= 15 is 0 Å². The molecule has 136 valence electrons. The molecule has 1 heterocycles. The van der Waals surface area contributed by atoms with Crippen molar-refractivity contribution < 1.29 is 14.3 Å². The average molecular weight is 352 g/mol. The number of nitrogens with zero attached hydrogens (tertiary/aromatic N) is 2. The Kier molecular flexibility index (Phi) is 5.26. The first-order valence-electron chi connectivity index (χ1n) is 8.79. The molecule has 1 fully saturated rings. The molecule has 3 rings (SSSR count). The molecule has 26 heavy (non-hydrogen) atoms. The van der Waals surface area contributed by atoms with E-state index in [4.69, 9.17) is 4.74 Å². The summed E-state index contributed by atoms with van der Waals surface area (Å²) in [5.41, 5.74) is 1.99. The van der Waals surface area contributed by atoms with E-state index in [0.717, 1.165) is 16.9 Å². The van der Waals surface area contributed by atoms with E-state index < -0.39 is 0 Å². The summed E-state index contributed by atoms with van der Waals surface area (Å²) < 4.78 is 5.23. The summed E-state index contributed by atoms with van der Waals surface area (Å²) in [6.07, 6.45) is 0.849. The van der Waals surface area contributed by atoms with E-state index in [2.05, 4.69) is 0 Å². The molecule has 0 unspecified atom stereocenters. The van der Waals surface area contributed by atoms with Crippen LogP contribution >= 0.6 is 0 Å². The molecule has 0 saturated carbocycles. The zero-order valence-electron chi connectivity index (χ0n) is 15.4. The first kappa shape index (κ1) is 18.0. The number of amides is 3. The summed E-state index contributed by atoms with van der Waals surface area (Å²) >= 11 is 0. The Hall–Kier alpha value is -2.82. The number of likely N-dealkylation sites (N-methyl/N-ethyl adjacent to an activating group) is 1. The van der Waals surface area contributed by atoms with Crippen molar-refractivity contribution in [3.63, 3.8) is 0 Å². The summed E-state index contributed by atoms with van der Waals surface area (Å²) in [5.74, 6) is 0.616. The molecule has 1 aliphatic rings. The lowest BCUT2D eigenvalue weighted by atomic mass is 10.00. The van der Waals surface area contributed by atoms with Gasteiger partial charge in [0.05, 0.1) is 19.2 Å². The smallest absolute Gasteiger partial charge is 0.327 e. The maximum absolute atomic E-state index is 12.9. The number of urea groups is 1. The number of rotatable bonds is 5. The van der Waals surface area contributed by atoms with Crippen molar-refractivity contribution in [2.24, 2.45) is 0 Å². The van der Waals surface area contributed by atoms with Crippen molar-refractivity contribution >= 4 is 11.9 Å². The normalized spacial score (nSPS) is 19.7. The molecule has 0 radical (unpaired) electrons. The predicted octanol–water partition coefficient (Wildman–Crippen LogP) is 3.65. The minimum Gasteiger partial charge on any atom is -0.497 e. The number of imide groups is 1. The second-order valence-corrected chi connectivity index (χ2v) is 6.60. The third-order valence-corrected chi connectivity index (χ3v) is 5.03. The lowest BCUT2D eigenvalue weighted by Gasteiger charge is -2.24. The van der Waals surface area contributed by atoms with E-state index in [-0.39, 0.29) is 30.4 Å². The van der Waals surface area contributed by atoms with Gasteiger partial charge in [-0.05, 0) is 36.6 Å². The molecular weight excluding hydrogens is 328 g/mol. The first-order valence-corrected chi connectivity index (χ1v) is 8.79. The molecule has 0 spiro atoms. The molecule has 2 aromatic carbocycles. The monoisotopic (exact) mass is 352 g/mol. The van der Waals surface area contributed by atoms with Crippen molar-refractivity contribution in [2.75, 3.05) is 14.2 Å². The van der Waals surface area contributed by atoms with Crippen LogP contribution in [0.2, 0.25) is 0 Å². The summed E-state index contributed by atoms with van der Waals surface area (Å²) in [4.78, 5) is 28.6. The number of ether oxygens (including phenoxy) is 1. The van der Waals surface area contributed by atoms with Crippen molar-refractivity contribution in [1.82, 2.24) is 9.80 Å². The van der Waals surface area contributed by atoms with Crippen LogP contribution < -0.4 is 4.74 Å². The largest absolute Gasteiger partial charge is 0.497 e. The van der Waals surface area contributed by atoms with Crippen LogP contribution in [-0.2, 0) is 11.2 Å². The first-order chi connectivity index (χ1) is 12.5. The second-order valence-electron chi connectivity index (χ2n) is 6.60. The molecule has 1 aliphatic heterocycles. The summed E-state index contributed by atoms with van der Waals surface area (Å²) in [5, 5.41) is 0. The Bertz CT molecular complexity index is 791. The summed E-state index contributed by atoms with van der Waals surface area (Å²) in [7, 11) is 3.37. The van der Waals surface area contributed by atoms with E-state index in [1.807, 2.05) is 61.5 Å². The van der Waals surface area contributed by atoms with Gasteiger partial charge in [0.2, 0.25) is 5.91 Å². The number of carbonyl (C=O) groups excluding carboxylic acids is 2. The lowest BCUT2D eigenvalue weighted by molar-refractivity contribution is -0.129. The Morgan fingerprint density at radius 1 is 1.12 bits per heavy atom. The average Bonchev–Trinajstić information content (AvgIpc) is 2.91. The highest BCUT2D eigenvalue weighted by atomic mass is 16.5. The van der Waals surface area contributed by atoms with Crippen LogP contribution in [0.15, 0.2) is 54.6 Å². The SMILES string of the molecule is COc1cccc(CCC(=O)N2C(=O)N(C)[C@H](C)[C@@H]2c2ccccc2)c1. The Balaban J connectivity index is 1.78. The molecule has 1 saturated heterocycles. The Morgan fingerprint density at radius 2 is 1.85 bits per heavy atom. The quantitative estimate of drug-likeness (QED) is 0.825. The maximum Gasteiger partial charge on any atom is 0.327 e. The fraction of sp³-hybridized carbons (Fsp3) is 0.333. The van der Waals surface area contributed by atoms with Crippen molar-refractivity contribution in [3.8, 4) is 5.75 Å². The van der Waals surface area contributed by atoms with Gasteiger partial charge in [-0.3, -0.25) is 9.69 Å². The predicted molar refractivity (Wildman–Crippen MR) is 100.0 cm³/mol.